The van der Waals surface area contributed by atoms with Gasteiger partial charge in [-0.1, -0.05) is 18.2 Å². The van der Waals surface area contributed by atoms with Crippen molar-refractivity contribution in [2.45, 2.75) is 13.0 Å². The minimum absolute atomic E-state index is 0. The average molecular weight is 307 g/mol. The Labute approximate surface area is 120 Å². The highest BCUT2D eigenvalue weighted by Crippen LogP contribution is 2.03. The van der Waals surface area contributed by atoms with Crippen LogP contribution < -0.4 is 10.6 Å². The van der Waals surface area contributed by atoms with Crippen molar-refractivity contribution in [2.24, 2.45) is 0 Å². The summed E-state index contributed by atoms with van der Waals surface area (Å²) in [5.74, 6) is -0.278. The minimum Gasteiger partial charge on any atom is -0.376 e. The summed E-state index contributed by atoms with van der Waals surface area (Å²) < 4.78 is 22.1. The molecule has 2 N–H and O–H groups in total. The molecule has 1 unspecified atom stereocenters. The number of hydrogen-bond donors (Lipinski definition) is 2. The molecule has 5 nitrogen and oxygen atoms in total. The maximum atomic E-state index is 11.5. The van der Waals surface area contributed by atoms with Crippen molar-refractivity contribution < 1.29 is 13.2 Å². The fourth-order valence-corrected chi connectivity index (χ4v) is 2.55. The van der Waals surface area contributed by atoms with Gasteiger partial charge in [0.1, 0.15) is 9.84 Å². The van der Waals surface area contributed by atoms with Gasteiger partial charge >= 0.3 is 0 Å². The predicted octanol–water partition coefficient (Wildman–Crippen LogP) is 1.07. The van der Waals surface area contributed by atoms with E-state index in [1.807, 2.05) is 30.3 Å². The van der Waals surface area contributed by atoms with E-state index in [0.717, 1.165) is 11.9 Å². The zero-order valence-electron chi connectivity index (χ0n) is 10.9. The number of carbonyl (C=O) groups is 1. The summed E-state index contributed by atoms with van der Waals surface area (Å²) in [7, 11) is -3.07. The quantitative estimate of drug-likeness (QED) is 0.824. The first-order chi connectivity index (χ1) is 8.37. The van der Waals surface area contributed by atoms with Gasteiger partial charge in [-0.2, -0.15) is 0 Å². The number of sulfone groups is 1. The molecule has 0 aromatic heterocycles. The minimum atomic E-state index is -3.07. The summed E-state index contributed by atoms with van der Waals surface area (Å²) >= 11 is 0. The second-order valence-corrected chi connectivity index (χ2v) is 6.47. The van der Waals surface area contributed by atoms with Crippen LogP contribution in [-0.4, -0.2) is 38.9 Å². The van der Waals surface area contributed by atoms with Crippen LogP contribution >= 0.6 is 12.4 Å². The SMILES string of the molecule is CC(CS(C)(=O)=O)NC(=O)CNc1ccccc1.Cl. The maximum absolute atomic E-state index is 11.5. The Morgan fingerprint density at radius 3 is 2.37 bits per heavy atom. The van der Waals surface area contributed by atoms with E-state index in [9.17, 15) is 13.2 Å². The molecule has 108 valence electrons. The summed E-state index contributed by atoms with van der Waals surface area (Å²) in [6.07, 6.45) is 1.15. The molecule has 1 aromatic rings. The predicted molar refractivity (Wildman–Crippen MR) is 79.5 cm³/mol. The monoisotopic (exact) mass is 306 g/mol. The molecule has 0 aliphatic heterocycles. The number of carbonyl (C=O) groups excluding carboxylic acids is 1. The molecule has 0 aliphatic rings. The first-order valence-electron chi connectivity index (χ1n) is 5.63. The molecule has 0 aliphatic carbocycles. The number of anilines is 1. The van der Waals surface area contributed by atoms with Crippen molar-refractivity contribution in [3.63, 3.8) is 0 Å². The van der Waals surface area contributed by atoms with Crippen LogP contribution in [0.2, 0.25) is 0 Å². The fourth-order valence-electron chi connectivity index (χ4n) is 1.56. The van der Waals surface area contributed by atoms with Crippen LogP contribution in [-0.2, 0) is 14.6 Å². The maximum Gasteiger partial charge on any atom is 0.239 e. The number of para-hydroxylation sites is 1. The molecule has 0 spiro atoms. The van der Waals surface area contributed by atoms with E-state index in [0.29, 0.717) is 0 Å². The Kier molecular flexibility index (Phi) is 7.48. The standard InChI is InChI=1S/C12H18N2O3S.ClH/c1-10(9-18(2,16)17)14-12(15)8-13-11-6-4-3-5-7-11;/h3-7,10,13H,8-9H2,1-2H3,(H,14,15);1H. The van der Waals surface area contributed by atoms with Crippen molar-refractivity contribution in [1.82, 2.24) is 5.32 Å². The second kappa shape index (κ2) is 8.01. The third kappa shape index (κ3) is 8.45. The Morgan fingerprint density at radius 1 is 1.26 bits per heavy atom. The Bertz CT molecular complexity index is 491. The van der Waals surface area contributed by atoms with E-state index in [-0.39, 0.29) is 36.7 Å². The lowest BCUT2D eigenvalue weighted by molar-refractivity contribution is -0.119. The lowest BCUT2D eigenvalue weighted by Crippen LogP contribution is -2.40. The smallest absolute Gasteiger partial charge is 0.239 e. The molecule has 1 rings (SSSR count). The number of halogens is 1. The zero-order valence-corrected chi connectivity index (χ0v) is 12.6. The van der Waals surface area contributed by atoms with Gasteiger partial charge in [0, 0.05) is 18.0 Å². The summed E-state index contributed by atoms with van der Waals surface area (Å²) in [6.45, 7) is 1.79. The van der Waals surface area contributed by atoms with Crippen LogP contribution in [0.3, 0.4) is 0 Å². The molecule has 0 saturated heterocycles. The summed E-state index contributed by atoms with van der Waals surface area (Å²) in [5.41, 5.74) is 0.850. The van der Waals surface area contributed by atoms with Crippen LogP contribution in [0.25, 0.3) is 0 Å². The molecule has 0 bridgehead atoms. The molecule has 19 heavy (non-hydrogen) atoms. The first-order valence-corrected chi connectivity index (χ1v) is 7.69. The van der Waals surface area contributed by atoms with E-state index >= 15 is 0 Å². The van der Waals surface area contributed by atoms with Gasteiger partial charge in [0.25, 0.3) is 0 Å². The van der Waals surface area contributed by atoms with Crippen LogP contribution in [0.4, 0.5) is 5.69 Å². The van der Waals surface area contributed by atoms with E-state index in [4.69, 9.17) is 0 Å². The van der Waals surface area contributed by atoms with Crippen molar-refractivity contribution >= 4 is 33.8 Å². The van der Waals surface area contributed by atoms with Crippen LogP contribution in [0, 0.1) is 0 Å². The molecule has 0 heterocycles. The third-order valence-corrected chi connectivity index (χ3v) is 3.29. The number of nitrogens with one attached hydrogen (secondary N) is 2. The van der Waals surface area contributed by atoms with E-state index in [1.54, 1.807) is 6.92 Å². The Morgan fingerprint density at radius 2 is 1.84 bits per heavy atom. The van der Waals surface area contributed by atoms with Crippen molar-refractivity contribution in [3.8, 4) is 0 Å². The zero-order chi connectivity index (χ0) is 13.6. The van der Waals surface area contributed by atoms with E-state index < -0.39 is 9.84 Å². The van der Waals surface area contributed by atoms with Gasteiger partial charge in [0.05, 0.1) is 12.3 Å². The molecule has 0 radical (unpaired) electrons. The van der Waals surface area contributed by atoms with Crippen LogP contribution in [0.1, 0.15) is 6.92 Å². The number of benzene rings is 1. The number of rotatable bonds is 6. The fraction of sp³-hybridized carbons (Fsp3) is 0.417. The number of amides is 1. The van der Waals surface area contributed by atoms with E-state index in [1.165, 1.54) is 0 Å². The van der Waals surface area contributed by atoms with Crippen molar-refractivity contribution in [3.05, 3.63) is 30.3 Å². The number of hydrogen-bond acceptors (Lipinski definition) is 4. The highest BCUT2D eigenvalue weighted by molar-refractivity contribution is 7.90. The molecule has 1 atom stereocenters. The third-order valence-electron chi connectivity index (χ3n) is 2.19. The van der Waals surface area contributed by atoms with Gasteiger partial charge in [-0.15, -0.1) is 12.4 Å². The van der Waals surface area contributed by atoms with Gasteiger partial charge in [-0.05, 0) is 19.1 Å². The Hall–Kier alpha value is -1.27. The highest BCUT2D eigenvalue weighted by Gasteiger charge is 2.12. The molecule has 1 aromatic carbocycles. The first kappa shape index (κ1) is 17.7. The van der Waals surface area contributed by atoms with Crippen LogP contribution in [0.5, 0.6) is 0 Å². The van der Waals surface area contributed by atoms with Crippen molar-refractivity contribution in [1.29, 1.82) is 0 Å². The van der Waals surface area contributed by atoms with Gasteiger partial charge in [0.15, 0.2) is 0 Å². The normalized spacial score (nSPS) is 12.1. The second-order valence-electron chi connectivity index (χ2n) is 4.28. The van der Waals surface area contributed by atoms with Gasteiger partial charge < -0.3 is 10.6 Å². The van der Waals surface area contributed by atoms with Crippen LogP contribution in [0.15, 0.2) is 30.3 Å². The summed E-state index contributed by atoms with van der Waals surface area (Å²) in [5, 5.41) is 5.58. The Balaban J connectivity index is 0.00000324. The average Bonchev–Trinajstić information content (AvgIpc) is 2.25. The molecule has 0 fully saturated rings. The van der Waals surface area contributed by atoms with Crippen molar-refractivity contribution in [2.75, 3.05) is 23.9 Å². The van der Waals surface area contributed by atoms with E-state index in [2.05, 4.69) is 10.6 Å². The molecular weight excluding hydrogens is 288 g/mol. The molecular formula is C12H19ClN2O3S. The molecule has 0 saturated carbocycles. The highest BCUT2D eigenvalue weighted by atomic mass is 35.5. The lowest BCUT2D eigenvalue weighted by Gasteiger charge is -2.13. The van der Waals surface area contributed by atoms with Gasteiger partial charge in [-0.25, -0.2) is 8.42 Å². The molecule has 7 heteroatoms. The largest absolute Gasteiger partial charge is 0.376 e. The lowest BCUT2D eigenvalue weighted by atomic mass is 10.3. The topological polar surface area (TPSA) is 75.3 Å². The summed E-state index contributed by atoms with van der Waals surface area (Å²) in [6, 6.07) is 8.95. The molecule has 1 amide bonds. The van der Waals surface area contributed by atoms with Gasteiger partial charge in [0.2, 0.25) is 5.91 Å². The van der Waals surface area contributed by atoms with Gasteiger partial charge in [-0.3, -0.25) is 4.79 Å². The summed E-state index contributed by atoms with van der Waals surface area (Å²) in [4.78, 5) is 11.5.